The van der Waals surface area contributed by atoms with Crippen molar-refractivity contribution in [2.45, 2.75) is 25.3 Å². The molecule has 0 saturated heterocycles. The van der Waals surface area contributed by atoms with Crippen LogP contribution in [0.3, 0.4) is 0 Å². The van der Waals surface area contributed by atoms with Gasteiger partial charge in [0.25, 0.3) is 0 Å². The maximum absolute atomic E-state index is 6.22. The molecular weight excluding hydrogens is 365 g/mol. The van der Waals surface area contributed by atoms with Crippen LogP contribution in [0.15, 0.2) is 28.1 Å². The molecule has 0 fully saturated rings. The lowest BCUT2D eigenvalue weighted by molar-refractivity contribution is 0.609. The molecule has 0 bridgehead atoms. The topological polar surface area (TPSA) is 12.0 Å². The van der Waals surface area contributed by atoms with Crippen LogP contribution in [0.2, 0.25) is 10.0 Å². The molecule has 1 nitrogen and oxygen atoms in total. The van der Waals surface area contributed by atoms with Crippen LogP contribution < -0.4 is 5.32 Å². The molecule has 5 heteroatoms. The quantitative estimate of drug-likeness (QED) is 0.647. The van der Waals surface area contributed by atoms with Gasteiger partial charge in [-0.15, -0.1) is 11.3 Å². The maximum Gasteiger partial charge on any atom is 0.0705 e. The molecule has 1 heterocycles. The standard InChI is InChI=1S/C14H12BrCl2NS/c15-14-7-9-11(2-1-3-13(9)19-14)18-12-6-8(16)4-5-10(12)17/h4-7,11,18H,1-3H2. The van der Waals surface area contributed by atoms with E-state index in [4.69, 9.17) is 23.2 Å². The third-order valence-corrected chi connectivity index (χ3v) is 5.62. The highest BCUT2D eigenvalue weighted by Crippen LogP contribution is 2.40. The molecule has 0 saturated carbocycles. The van der Waals surface area contributed by atoms with E-state index in [9.17, 15) is 0 Å². The molecule has 2 aromatic rings. The largest absolute Gasteiger partial charge is 0.377 e. The number of fused-ring (bicyclic) bond motifs is 1. The predicted octanol–water partition coefficient (Wildman–Crippen LogP) is 6.31. The van der Waals surface area contributed by atoms with Crippen molar-refractivity contribution in [1.29, 1.82) is 0 Å². The number of thiophene rings is 1. The maximum atomic E-state index is 6.22. The van der Waals surface area contributed by atoms with Crippen LogP contribution in [-0.4, -0.2) is 0 Å². The molecule has 100 valence electrons. The van der Waals surface area contributed by atoms with Crippen molar-refractivity contribution in [2.24, 2.45) is 0 Å². The van der Waals surface area contributed by atoms with Gasteiger partial charge in [0.15, 0.2) is 0 Å². The Balaban J connectivity index is 1.90. The van der Waals surface area contributed by atoms with E-state index in [-0.39, 0.29) is 0 Å². The van der Waals surface area contributed by atoms with Crippen LogP contribution in [0, 0.1) is 0 Å². The van der Waals surface area contributed by atoms with Crippen molar-refractivity contribution in [3.8, 4) is 0 Å². The average Bonchev–Trinajstić information content (AvgIpc) is 2.75. The van der Waals surface area contributed by atoms with Gasteiger partial charge >= 0.3 is 0 Å². The van der Waals surface area contributed by atoms with E-state index in [2.05, 4.69) is 27.3 Å². The lowest BCUT2D eigenvalue weighted by Crippen LogP contribution is -2.15. The van der Waals surface area contributed by atoms with E-state index in [0.29, 0.717) is 16.1 Å². The van der Waals surface area contributed by atoms with Gasteiger partial charge in [-0.25, -0.2) is 0 Å². The Kier molecular flexibility index (Phi) is 4.08. The summed E-state index contributed by atoms with van der Waals surface area (Å²) in [6, 6.07) is 8.07. The second-order valence-electron chi connectivity index (χ2n) is 4.64. The minimum atomic E-state index is 0.322. The van der Waals surface area contributed by atoms with Crippen LogP contribution in [0.25, 0.3) is 0 Å². The minimum absolute atomic E-state index is 0.322. The fourth-order valence-electron chi connectivity index (χ4n) is 2.47. The van der Waals surface area contributed by atoms with E-state index in [1.807, 2.05) is 29.5 Å². The van der Waals surface area contributed by atoms with Crippen molar-refractivity contribution < 1.29 is 0 Å². The lowest BCUT2D eigenvalue weighted by Gasteiger charge is -2.25. The average molecular weight is 377 g/mol. The summed E-state index contributed by atoms with van der Waals surface area (Å²) < 4.78 is 1.20. The molecule has 1 atom stereocenters. The van der Waals surface area contributed by atoms with Crippen molar-refractivity contribution in [2.75, 3.05) is 5.32 Å². The molecule has 1 aliphatic rings. The number of anilines is 1. The van der Waals surface area contributed by atoms with E-state index >= 15 is 0 Å². The molecule has 1 unspecified atom stereocenters. The molecule has 1 aromatic carbocycles. The first-order valence-corrected chi connectivity index (χ1v) is 8.50. The number of hydrogen-bond donors (Lipinski definition) is 1. The van der Waals surface area contributed by atoms with Crippen LogP contribution >= 0.6 is 50.5 Å². The summed E-state index contributed by atoms with van der Waals surface area (Å²) in [5.41, 5.74) is 2.30. The van der Waals surface area contributed by atoms with Gasteiger partial charge < -0.3 is 5.32 Å². The fraction of sp³-hybridized carbons (Fsp3) is 0.286. The van der Waals surface area contributed by atoms with Gasteiger partial charge in [0, 0.05) is 9.90 Å². The van der Waals surface area contributed by atoms with Crippen LogP contribution in [0.5, 0.6) is 0 Å². The molecule has 3 rings (SSSR count). The fourth-order valence-corrected chi connectivity index (χ4v) is 4.63. The van der Waals surface area contributed by atoms with Crippen LogP contribution in [-0.2, 0) is 6.42 Å². The van der Waals surface area contributed by atoms with Crippen molar-refractivity contribution in [3.05, 3.63) is 48.5 Å². The van der Waals surface area contributed by atoms with Gasteiger partial charge in [-0.2, -0.15) is 0 Å². The molecule has 1 aromatic heterocycles. The van der Waals surface area contributed by atoms with E-state index in [1.165, 1.54) is 27.1 Å². The number of halogens is 3. The summed E-state index contributed by atoms with van der Waals surface area (Å²) in [6.07, 6.45) is 3.50. The van der Waals surface area contributed by atoms with Gasteiger partial charge in [-0.3, -0.25) is 0 Å². The first-order chi connectivity index (χ1) is 9.13. The molecule has 0 spiro atoms. The molecule has 1 aliphatic carbocycles. The van der Waals surface area contributed by atoms with E-state index in [0.717, 1.165) is 12.1 Å². The summed E-state index contributed by atoms with van der Waals surface area (Å²) >= 11 is 17.7. The summed E-state index contributed by atoms with van der Waals surface area (Å²) in [7, 11) is 0. The smallest absolute Gasteiger partial charge is 0.0705 e. The zero-order valence-electron chi connectivity index (χ0n) is 10.1. The van der Waals surface area contributed by atoms with Gasteiger partial charge in [0.05, 0.1) is 20.5 Å². The SMILES string of the molecule is Clc1ccc(Cl)c(NC2CCCc3sc(Br)cc32)c1. The summed E-state index contributed by atoms with van der Waals surface area (Å²) in [5, 5.41) is 4.95. The lowest BCUT2D eigenvalue weighted by atomic mass is 9.94. The predicted molar refractivity (Wildman–Crippen MR) is 87.8 cm³/mol. The first-order valence-electron chi connectivity index (χ1n) is 6.13. The molecule has 0 amide bonds. The Morgan fingerprint density at radius 2 is 2.11 bits per heavy atom. The van der Waals surface area contributed by atoms with Crippen LogP contribution in [0.4, 0.5) is 5.69 Å². The Morgan fingerprint density at radius 1 is 1.26 bits per heavy atom. The second-order valence-corrected chi connectivity index (χ2v) is 8.00. The number of aryl methyl sites for hydroxylation is 1. The Labute approximate surface area is 135 Å². The number of nitrogens with one attached hydrogen (secondary N) is 1. The third kappa shape index (κ3) is 2.94. The zero-order valence-corrected chi connectivity index (χ0v) is 14.0. The van der Waals surface area contributed by atoms with Crippen molar-refractivity contribution in [3.63, 3.8) is 0 Å². The Morgan fingerprint density at radius 3 is 2.95 bits per heavy atom. The Bertz CT molecular complexity index is 611. The normalized spacial score (nSPS) is 18.2. The molecule has 19 heavy (non-hydrogen) atoms. The molecule has 0 radical (unpaired) electrons. The van der Waals surface area contributed by atoms with Gasteiger partial charge in [-0.1, -0.05) is 23.2 Å². The highest BCUT2D eigenvalue weighted by molar-refractivity contribution is 9.11. The van der Waals surface area contributed by atoms with Crippen LogP contribution in [0.1, 0.15) is 29.3 Å². The first kappa shape index (κ1) is 13.7. The molecule has 0 aliphatic heterocycles. The van der Waals surface area contributed by atoms with E-state index in [1.54, 1.807) is 0 Å². The van der Waals surface area contributed by atoms with Crippen molar-refractivity contribution >= 4 is 56.2 Å². The number of rotatable bonds is 2. The Hall–Kier alpha value is -0.220. The zero-order chi connectivity index (χ0) is 13.4. The van der Waals surface area contributed by atoms with Gasteiger partial charge in [-0.05, 0) is 65.0 Å². The highest BCUT2D eigenvalue weighted by Gasteiger charge is 2.23. The number of hydrogen-bond acceptors (Lipinski definition) is 2. The van der Waals surface area contributed by atoms with Crippen molar-refractivity contribution in [1.82, 2.24) is 0 Å². The molecule has 1 N–H and O–H groups in total. The highest BCUT2D eigenvalue weighted by atomic mass is 79.9. The summed E-state index contributed by atoms with van der Waals surface area (Å²) in [5.74, 6) is 0. The van der Waals surface area contributed by atoms with Gasteiger partial charge in [0.1, 0.15) is 0 Å². The number of benzene rings is 1. The monoisotopic (exact) mass is 375 g/mol. The minimum Gasteiger partial charge on any atom is -0.377 e. The second kappa shape index (κ2) is 5.65. The third-order valence-electron chi connectivity index (χ3n) is 3.34. The molecular formula is C14H12BrCl2NS. The van der Waals surface area contributed by atoms with Gasteiger partial charge in [0.2, 0.25) is 0 Å². The summed E-state index contributed by atoms with van der Waals surface area (Å²) in [4.78, 5) is 1.47. The summed E-state index contributed by atoms with van der Waals surface area (Å²) in [6.45, 7) is 0. The van der Waals surface area contributed by atoms with E-state index < -0.39 is 0 Å².